The molecule has 0 aromatic heterocycles. The molecule has 1 fully saturated rings. The average Bonchev–Trinajstić information content (AvgIpc) is 3.03. The maximum atomic E-state index is 10.9. The monoisotopic (exact) mass is 232 g/mol. The van der Waals surface area contributed by atoms with E-state index in [1.165, 1.54) is 29.5 Å². The molecule has 0 bridgehead atoms. The maximum absolute atomic E-state index is 10.9. The molecule has 1 aliphatic rings. The Hall–Kier alpha value is -1.31. The van der Waals surface area contributed by atoms with Gasteiger partial charge in [0.25, 0.3) is 0 Å². The van der Waals surface area contributed by atoms with Crippen LogP contribution in [0.25, 0.3) is 0 Å². The summed E-state index contributed by atoms with van der Waals surface area (Å²) >= 11 is 0. The predicted octanol–water partition coefficient (Wildman–Crippen LogP) is 3.35. The van der Waals surface area contributed by atoms with E-state index in [1.807, 2.05) is 0 Å². The minimum atomic E-state index is -0.660. The van der Waals surface area contributed by atoms with Crippen molar-refractivity contribution in [3.05, 3.63) is 34.9 Å². The molecule has 1 aromatic rings. The lowest BCUT2D eigenvalue weighted by Crippen LogP contribution is -2.13. The van der Waals surface area contributed by atoms with Crippen LogP contribution in [0, 0.1) is 25.7 Å². The molecule has 1 aromatic carbocycles. The molecular formula is C15H20O2. The lowest BCUT2D eigenvalue weighted by molar-refractivity contribution is -0.138. The average molecular weight is 232 g/mol. The second-order valence-electron chi connectivity index (χ2n) is 5.33. The number of aryl methyl sites for hydroxylation is 2. The number of carbonyl (C=O) groups is 1. The van der Waals surface area contributed by atoms with Gasteiger partial charge in [0.05, 0.1) is 0 Å². The normalized spacial score (nSPS) is 16.8. The number of carboxylic acid groups (broad SMARTS) is 1. The fourth-order valence-electron chi connectivity index (χ4n) is 2.55. The minimum Gasteiger partial charge on any atom is -0.481 e. The van der Waals surface area contributed by atoms with Crippen molar-refractivity contribution in [2.45, 2.75) is 39.5 Å². The number of benzene rings is 1. The van der Waals surface area contributed by atoms with E-state index in [1.54, 1.807) is 0 Å². The van der Waals surface area contributed by atoms with Crippen molar-refractivity contribution < 1.29 is 9.90 Å². The Morgan fingerprint density at radius 1 is 1.41 bits per heavy atom. The molecule has 1 saturated carbocycles. The SMILES string of the molecule is Cc1ccc(CC(CC(=O)O)C2CC2)c(C)c1. The van der Waals surface area contributed by atoms with E-state index in [0.717, 1.165) is 6.42 Å². The lowest BCUT2D eigenvalue weighted by atomic mass is 9.89. The first-order chi connectivity index (χ1) is 8.06. The molecule has 0 aliphatic heterocycles. The first kappa shape index (κ1) is 12.2. The first-order valence-electron chi connectivity index (χ1n) is 6.34. The summed E-state index contributed by atoms with van der Waals surface area (Å²) in [6.45, 7) is 4.21. The van der Waals surface area contributed by atoms with Crippen LogP contribution < -0.4 is 0 Å². The van der Waals surface area contributed by atoms with Crippen molar-refractivity contribution in [1.29, 1.82) is 0 Å². The van der Waals surface area contributed by atoms with Gasteiger partial charge in [0.1, 0.15) is 0 Å². The predicted molar refractivity (Wildman–Crippen MR) is 68.1 cm³/mol. The summed E-state index contributed by atoms with van der Waals surface area (Å²) < 4.78 is 0. The quantitative estimate of drug-likeness (QED) is 0.845. The second-order valence-corrected chi connectivity index (χ2v) is 5.33. The molecule has 1 aliphatic carbocycles. The van der Waals surface area contributed by atoms with Crippen molar-refractivity contribution in [3.8, 4) is 0 Å². The molecule has 0 heterocycles. The van der Waals surface area contributed by atoms with Gasteiger partial charge < -0.3 is 5.11 Å². The van der Waals surface area contributed by atoms with E-state index in [4.69, 9.17) is 5.11 Å². The smallest absolute Gasteiger partial charge is 0.303 e. The van der Waals surface area contributed by atoms with Crippen molar-refractivity contribution in [1.82, 2.24) is 0 Å². The standard InChI is InChI=1S/C15H20O2/c1-10-3-4-13(11(2)7-10)8-14(9-15(16)17)12-5-6-12/h3-4,7,12,14H,5-6,8-9H2,1-2H3,(H,16,17). The number of hydrogen-bond donors (Lipinski definition) is 1. The van der Waals surface area contributed by atoms with E-state index in [0.29, 0.717) is 18.3 Å². The zero-order chi connectivity index (χ0) is 12.4. The van der Waals surface area contributed by atoms with Crippen LogP contribution in [0.2, 0.25) is 0 Å². The van der Waals surface area contributed by atoms with Crippen molar-refractivity contribution >= 4 is 5.97 Å². The summed E-state index contributed by atoms with van der Waals surface area (Å²) in [5, 5.41) is 8.95. The van der Waals surface area contributed by atoms with Gasteiger partial charge in [-0.3, -0.25) is 4.79 Å². The van der Waals surface area contributed by atoms with Crippen molar-refractivity contribution in [2.75, 3.05) is 0 Å². The summed E-state index contributed by atoms with van der Waals surface area (Å²) in [5.41, 5.74) is 3.88. The molecule has 1 unspecified atom stereocenters. The third-order valence-electron chi connectivity index (χ3n) is 3.71. The molecule has 17 heavy (non-hydrogen) atoms. The molecule has 1 N–H and O–H groups in total. The van der Waals surface area contributed by atoms with Crippen LogP contribution in [0.3, 0.4) is 0 Å². The Morgan fingerprint density at radius 3 is 2.65 bits per heavy atom. The highest BCUT2D eigenvalue weighted by atomic mass is 16.4. The van der Waals surface area contributed by atoms with Crippen LogP contribution in [0.5, 0.6) is 0 Å². The molecule has 2 rings (SSSR count). The largest absolute Gasteiger partial charge is 0.481 e. The van der Waals surface area contributed by atoms with Gasteiger partial charge in [-0.15, -0.1) is 0 Å². The van der Waals surface area contributed by atoms with Gasteiger partial charge in [-0.2, -0.15) is 0 Å². The van der Waals surface area contributed by atoms with Gasteiger partial charge in [0.2, 0.25) is 0 Å². The molecule has 2 heteroatoms. The zero-order valence-corrected chi connectivity index (χ0v) is 10.6. The van der Waals surface area contributed by atoms with Crippen LogP contribution in [-0.2, 0) is 11.2 Å². The van der Waals surface area contributed by atoms with Crippen LogP contribution >= 0.6 is 0 Å². The zero-order valence-electron chi connectivity index (χ0n) is 10.6. The van der Waals surface area contributed by atoms with Crippen LogP contribution in [-0.4, -0.2) is 11.1 Å². The molecule has 0 radical (unpaired) electrons. The minimum absolute atomic E-state index is 0.317. The summed E-state index contributed by atoms with van der Waals surface area (Å²) in [7, 11) is 0. The molecule has 1 atom stereocenters. The second kappa shape index (κ2) is 4.91. The Morgan fingerprint density at radius 2 is 2.12 bits per heavy atom. The van der Waals surface area contributed by atoms with Crippen molar-refractivity contribution in [2.24, 2.45) is 11.8 Å². The lowest BCUT2D eigenvalue weighted by Gasteiger charge is -2.15. The Labute approximate surface area is 103 Å². The molecule has 0 spiro atoms. The Balaban J connectivity index is 2.08. The topological polar surface area (TPSA) is 37.3 Å². The van der Waals surface area contributed by atoms with E-state index in [9.17, 15) is 4.79 Å². The van der Waals surface area contributed by atoms with Crippen LogP contribution in [0.4, 0.5) is 0 Å². The molecule has 2 nitrogen and oxygen atoms in total. The third-order valence-corrected chi connectivity index (χ3v) is 3.71. The van der Waals surface area contributed by atoms with Crippen LogP contribution in [0.1, 0.15) is 36.0 Å². The Bertz CT molecular complexity index is 419. The number of rotatable bonds is 5. The van der Waals surface area contributed by atoms with Gasteiger partial charge in [-0.25, -0.2) is 0 Å². The summed E-state index contributed by atoms with van der Waals surface area (Å²) in [5.74, 6) is 0.312. The van der Waals surface area contributed by atoms with Gasteiger partial charge >= 0.3 is 5.97 Å². The highest BCUT2D eigenvalue weighted by molar-refractivity contribution is 5.67. The van der Waals surface area contributed by atoms with E-state index >= 15 is 0 Å². The van der Waals surface area contributed by atoms with Crippen LogP contribution in [0.15, 0.2) is 18.2 Å². The van der Waals surface area contributed by atoms with E-state index in [-0.39, 0.29) is 0 Å². The number of hydrogen-bond acceptors (Lipinski definition) is 1. The van der Waals surface area contributed by atoms with Gasteiger partial charge in [-0.05, 0) is 56.1 Å². The highest BCUT2D eigenvalue weighted by Gasteiger charge is 2.32. The fraction of sp³-hybridized carbons (Fsp3) is 0.533. The number of aliphatic carboxylic acids is 1. The first-order valence-corrected chi connectivity index (χ1v) is 6.34. The molecule has 92 valence electrons. The van der Waals surface area contributed by atoms with Gasteiger partial charge in [-0.1, -0.05) is 23.8 Å². The van der Waals surface area contributed by atoms with E-state index in [2.05, 4.69) is 32.0 Å². The maximum Gasteiger partial charge on any atom is 0.303 e. The van der Waals surface area contributed by atoms with Gasteiger partial charge in [0.15, 0.2) is 0 Å². The van der Waals surface area contributed by atoms with E-state index < -0.39 is 5.97 Å². The van der Waals surface area contributed by atoms with Gasteiger partial charge in [0, 0.05) is 6.42 Å². The molecule has 0 saturated heterocycles. The fourth-order valence-corrected chi connectivity index (χ4v) is 2.55. The molecule has 0 amide bonds. The Kier molecular flexibility index (Phi) is 3.51. The summed E-state index contributed by atoms with van der Waals surface area (Å²) in [4.78, 5) is 10.9. The summed E-state index contributed by atoms with van der Waals surface area (Å²) in [6.07, 6.45) is 3.66. The summed E-state index contributed by atoms with van der Waals surface area (Å²) in [6, 6.07) is 6.45. The third kappa shape index (κ3) is 3.32. The molecular weight excluding hydrogens is 212 g/mol. The van der Waals surface area contributed by atoms with Crippen molar-refractivity contribution in [3.63, 3.8) is 0 Å². The number of carboxylic acids is 1. The highest BCUT2D eigenvalue weighted by Crippen LogP contribution is 2.40.